The number of aromatic carboxylic acids is 1. The molecule has 0 aromatic carbocycles. The molecule has 0 saturated carbocycles. The number of rotatable bonds is 14. The summed E-state index contributed by atoms with van der Waals surface area (Å²) >= 11 is 0. The van der Waals surface area contributed by atoms with Gasteiger partial charge in [-0.2, -0.15) is 0 Å². The maximum Gasteiger partial charge on any atom is 0.380 e. The molecule has 0 spiro atoms. The van der Waals surface area contributed by atoms with Crippen LogP contribution in [0.15, 0.2) is 39.5 Å². The van der Waals surface area contributed by atoms with Crippen molar-refractivity contribution in [3.63, 3.8) is 0 Å². The summed E-state index contributed by atoms with van der Waals surface area (Å²) in [6.07, 6.45) is 24.5. The van der Waals surface area contributed by atoms with E-state index >= 15 is 0 Å². The Morgan fingerprint density at radius 2 is 1.50 bits per heavy atom. The molecule has 1 aromatic heterocycles. The minimum atomic E-state index is -1.12. The molecule has 4 heteroatoms. The molecule has 0 aliphatic carbocycles. The highest BCUT2D eigenvalue weighted by molar-refractivity contribution is 5.87. The van der Waals surface area contributed by atoms with Crippen LogP contribution < -0.4 is 0 Å². The highest BCUT2D eigenvalue weighted by atomic mass is 17.0. The van der Waals surface area contributed by atoms with Crippen molar-refractivity contribution in [2.75, 3.05) is 0 Å². The third kappa shape index (κ3) is 9.23. The molecular weight excluding hydrogens is 304 g/mol. The predicted octanol–water partition coefficient (Wildman–Crippen LogP) is 6.62. The Hall–Kier alpha value is -1.97. The summed E-state index contributed by atoms with van der Waals surface area (Å²) < 4.78 is 8.95. The molecule has 1 aromatic rings. The molecule has 1 N–H and O–H groups in total. The second-order valence-electron chi connectivity index (χ2n) is 5.95. The zero-order chi connectivity index (χ0) is 17.5. The van der Waals surface area contributed by atoms with Crippen molar-refractivity contribution >= 4 is 12.0 Å². The topological polar surface area (TPSA) is 63.6 Å². The molecule has 1 rings (SSSR count). The number of carbonyl (C=O) groups is 1. The molecule has 134 valence electrons. The van der Waals surface area contributed by atoms with E-state index in [4.69, 9.17) is 5.11 Å². The van der Waals surface area contributed by atoms with Gasteiger partial charge in [-0.1, -0.05) is 88.7 Å². The molecule has 1 heterocycles. The highest BCUT2D eigenvalue weighted by Crippen LogP contribution is 2.15. The molecule has 0 fully saturated rings. The van der Waals surface area contributed by atoms with Gasteiger partial charge in [-0.15, -0.1) is 0 Å². The largest absolute Gasteiger partial charge is 0.475 e. The monoisotopic (exact) mass is 334 g/mol. The lowest BCUT2D eigenvalue weighted by Crippen LogP contribution is -2.01. The van der Waals surface area contributed by atoms with Crippen molar-refractivity contribution in [1.29, 1.82) is 0 Å². The molecule has 0 bridgehead atoms. The molecular formula is C20H30O4. The van der Waals surface area contributed by atoms with Crippen molar-refractivity contribution in [3.05, 3.63) is 41.9 Å². The van der Waals surface area contributed by atoms with Gasteiger partial charge in [0.15, 0.2) is 0 Å². The van der Waals surface area contributed by atoms with Gasteiger partial charge in [-0.25, -0.2) is 4.79 Å². The van der Waals surface area contributed by atoms with Crippen LogP contribution in [0.2, 0.25) is 0 Å². The maximum absolute atomic E-state index is 10.6. The first-order valence-corrected chi connectivity index (χ1v) is 9.07. The van der Waals surface area contributed by atoms with Crippen LogP contribution >= 0.6 is 0 Å². The van der Waals surface area contributed by atoms with E-state index in [9.17, 15) is 4.79 Å². The first kappa shape index (κ1) is 20.1. The Bertz CT molecular complexity index is 517. The van der Waals surface area contributed by atoms with Crippen molar-refractivity contribution in [2.45, 2.75) is 71.1 Å². The van der Waals surface area contributed by atoms with Crippen LogP contribution in [-0.2, 0) is 0 Å². The second kappa shape index (κ2) is 13.5. The van der Waals surface area contributed by atoms with Gasteiger partial charge in [-0.3, -0.25) is 9.15 Å². The SMILES string of the molecule is CCCCCCCCCCC/C=C/C=C/C=C/c1ooc1C(=O)O. The lowest BCUT2D eigenvalue weighted by Gasteiger charge is -2.00. The van der Waals surface area contributed by atoms with Gasteiger partial charge in [0.05, 0.1) is 0 Å². The third-order valence-corrected chi connectivity index (χ3v) is 3.82. The van der Waals surface area contributed by atoms with E-state index in [-0.39, 0.29) is 11.5 Å². The molecule has 0 atom stereocenters. The Labute approximate surface area is 144 Å². The summed E-state index contributed by atoms with van der Waals surface area (Å²) in [5.74, 6) is -1.03. The van der Waals surface area contributed by atoms with E-state index in [1.807, 2.05) is 18.2 Å². The van der Waals surface area contributed by atoms with Crippen LogP contribution in [0.25, 0.3) is 6.08 Å². The Balaban J connectivity index is 1.96. The zero-order valence-corrected chi connectivity index (χ0v) is 14.7. The first-order valence-electron chi connectivity index (χ1n) is 9.07. The van der Waals surface area contributed by atoms with Crippen LogP contribution in [0.3, 0.4) is 0 Å². The van der Waals surface area contributed by atoms with Crippen LogP contribution in [0.1, 0.15) is 87.4 Å². The van der Waals surface area contributed by atoms with Gasteiger partial charge in [0.2, 0.25) is 5.76 Å². The van der Waals surface area contributed by atoms with Crippen LogP contribution in [0, 0.1) is 0 Å². The summed E-state index contributed by atoms with van der Waals surface area (Å²) in [7, 11) is 0. The van der Waals surface area contributed by atoms with E-state index in [0.717, 1.165) is 6.42 Å². The normalized spacial score (nSPS) is 12.2. The standard InChI is InChI=1S/C20H30O4/c1-2-3-4-5-6-7-8-9-10-11-12-13-14-15-16-17-18-19(20(21)22)24-23-18/h12-17H,2-11H2,1H3,(H,21,22)/b13-12+,15-14+,17-16+. The van der Waals surface area contributed by atoms with E-state index in [1.54, 1.807) is 12.2 Å². The van der Waals surface area contributed by atoms with Crippen molar-refractivity contribution in [2.24, 2.45) is 0 Å². The minimum Gasteiger partial charge on any atom is -0.475 e. The van der Waals surface area contributed by atoms with E-state index in [1.165, 1.54) is 57.8 Å². The predicted molar refractivity (Wildman–Crippen MR) is 97.1 cm³/mol. The van der Waals surface area contributed by atoms with Crippen molar-refractivity contribution in [3.8, 4) is 0 Å². The number of allylic oxidation sites excluding steroid dienone is 5. The Morgan fingerprint density at radius 1 is 0.875 bits per heavy atom. The lowest BCUT2D eigenvalue weighted by molar-refractivity contribution is -0.0237. The fourth-order valence-electron chi connectivity index (χ4n) is 2.39. The maximum atomic E-state index is 10.6. The number of carboxylic acid groups (broad SMARTS) is 1. The summed E-state index contributed by atoms with van der Waals surface area (Å²) in [5.41, 5.74) is 0. The summed E-state index contributed by atoms with van der Waals surface area (Å²) in [5, 5.41) is 8.70. The highest BCUT2D eigenvalue weighted by Gasteiger charge is 2.19. The van der Waals surface area contributed by atoms with E-state index in [2.05, 4.69) is 22.2 Å². The van der Waals surface area contributed by atoms with Gasteiger partial charge in [0.25, 0.3) is 0 Å². The molecule has 0 radical (unpaired) electrons. The average molecular weight is 334 g/mol. The molecule has 0 unspecified atom stereocenters. The smallest absolute Gasteiger partial charge is 0.380 e. The number of hydrogen-bond acceptors (Lipinski definition) is 3. The zero-order valence-electron chi connectivity index (χ0n) is 14.7. The van der Waals surface area contributed by atoms with Crippen LogP contribution in [0.5, 0.6) is 0 Å². The minimum absolute atomic E-state index is 0.152. The van der Waals surface area contributed by atoms with Gasteiger partial charge in [0, 0.05) is 0 Å². The second-order valence-corrected chi connectivity index (χ2v) is 5.95. The van der Waals surface area contributed by atoms with Gasteiger partial charge < -0.3 is 5.11 Å². The molecule has 0 saturated heterocycles. The molecule has 0 amide bonds. The fraction of sp³-hybridized carbons (Fsp3) is 0.550. The van der Waals surface area contributed by atoms with Crippen LogP contribution in [-0.4, -0.2) is 11.1 Å². The Kier molecular flexibility index (Phi) is 11.3. The molecule has 4 nitrogen and oxygen atoms in total. The molecule has 0 aliphatic heterocycles. The van der Waals surface area contributed by atoms with Crippen molar-refractivity contribution in [1.82, 2.24) is 0 Å². The van der Waals surface area contributed by atoms with Crippen LogP contribution in [0.4, 0.5) is 0 Å². The van der Waals surface area contributed by atoms with Gasteiger partial charge >= 0.3 is 11.7 Å². The van der Waals surface area contributed by atoms with Gasteiger partial charge in [-0.05, 0) is 18.9 Å². The van der Waals surface area contributed by atoms with Crippen molar-refractivity contribution < 1.29 is 19.1 Å². The average Bonchev–Trinajstić information content (AvgIpc) is 2.52. The third-order valence-electron chi connectivity index (χ3n) is 3.82. The molecule has 0 aliphatic rings. The first-order chi connectivity index (χ1) is 11.8. The number of hydrogen-bond donors (Lipinski definition) is 1. The number of unbranched alkanes of at least 4 members (excludes halogenated alkanes) is 9. The summed E-state index contributed by atoms with van der Waals surface area (Å²) in [6, 6.07) is 0. The van der Waals surface area contributed by atoms with E-state index < -0.39 is 5.97 Å². The fourth-order valence-corrected chi connectivity index (χ4v) is 2.39. The summed E-state index contributed by atoms with van der Waals surface area (Å²) in [4.78, 5) is 10.6. The quantitative estimate of drug-likeness (QED) is 0.236. The van der Waals surface area contributed by atoms with Gasteiger partial charge in [0.1, 0.15) is 0 Å². The summed E-state index contributed by atoms with van der Waals surface area (Å²) in [6.45, 7) is 2.25. The van der Waals surface area contributed by atoms with E-state index in [0.29, 0.717) is 0 Å². The number of carboxylic acids is 1. The lowest BCUT2D eigenvalue weighted by atomic mass is 10.1. The molecule has 24 heavy (non-hydrogen) atoms. The Morgan fingerprint density at radius 3 is 2.08 bits per heavy atom.